The normalized spacial score (nSPS) is 16.9. The third-order valence-electron chi connectivity index (χ3n) is 3.07. The molecule has 0 saturated carbocycles. The molecule has 0 heterocycles. The average Bonchev–Trinajstić information content (AvgIpc) is 2.90. The number of allylic oxidation sites excluding steroid dienone is 2. The fraction of sp³-hybridized carbons (Fsp3) is 0.333. The first-order chi connectivity index (χ1) is 9.65. The van der Waals surface area contributed by atoms with Crippen molar-refractivity contribution < 1.29 is 19.4 Å². The maximum Gasteiger partial charge on any atom is 0.341 e. The van der Waals surface area contributed by atoms with E-state index in [9.17, 15) is 9.59 Å². The van der Waals surface area contributed by atoms with Crippen molar-refractivity contribution in [2.45, 2.75) is 19.3 Å². The Morgan fingerprint density at radius 1 is 1.35 bits per heavy atom. The number of amides is 1. The van der Waals surface area contributed by atoms with E-state index in [2.05, 4.69) is 17.5 Å². The Bertz CT molecular complexity index is 524. The molecule has 0 bridgehead atoms. The monoisotopic (exact) mass is 275 g/mol. The van der Waals surface area contributed by atoms with Gasteiger partial charge in [0.05, 0.1) is 5.69 Å². The van der Waals surface area contributed by atoms with E-state index in [1.807, 2.05) is 0 Å². The maximum atomic E-state index is 11.9. The Balaban J connectivity index is 1.95. The Labute approximate surface area is 117 Å². The topological polar surface area (TPSA) is 75.6 Å². The van der Waals surface area contributed by atoms with Gasteiger partial charge in [0, 0.05) is 6.42 Å². The first-order valence-corrected chi connectivity index (χ1v) is 6.55. The molecule has 0 spiro atoms. The van der Waals surface area contributed by atoms with E-state index in [0.717, 1.165) is 12.8 Å². The second-order valence-electron chi connectivity index (χ2n) is 4.70. The molecule has 2 N–H and O–H groups in total. The molecule has 0 fully saturated rings. The number of carboxylic acids is 1. The quantitative estimate of drug-likeness (QED) is 0.782. The highest BCUT2D eigenvalue weighted by atomic mass is 16.5. The van der Waals surface area contributed by atoms with Gasteiger partial charge in [0.2, 0.25) is 5.91 Å². The predicted molar refractivity (Wildman–Crippen MR) is 74.7 cm³/mol. The molecule has 1 unspecified atom stereocenters. The number of aliphatic carboxylic acids is 1. The van der Waals surface area contributed by atoms with Gasteiger partial charge in [-0.15, -0.1) is 0 Å². The fourth-order valence-electron chi connectivity index (χ4n) is 2.14. The van der Waals surface area contributed by atoms with Gasteiger partial charge in [-0.25, -0.2) is 4.79 Å². The third kappa shape index (κ3) is 4.12. The Hall–Kier alpha value is -2.30. The van der Waals surface area contributed by atoms with Crippen molar-refractivity contribution in [1.29, 1.82) is 0 Å². The van der Waals surface area contributed by atoms with Crippen molar-refractivity contribution in [2.24, 2.45) is 5.92 Å². The lowest BCUT2D eigenvalue weighted by Gasteiger charge is -2.12. The van der Waals surface area contributed by atoms with Crippen molar-refractivity contribution >= 4 is 17.6 Å². The summed E-state index contributed by atoms with van der Waals surface area (Å²) in [5, 5.41) is 11.4. The summed E-state index contributed by atoms with van der Waals surface area (Å²) >= 11 is 0. The summed E-state index contributed by atoms with van der Waals surface area (Å²) in [6.45, 7) is -0.432. The van der Waals surface area contributed by atoms with Crippen LogP contribution in [0.1, 0.15) is 19.3 Å². The van der Waals surface area contributed by atoms with E-state index in [1.54, 1.807) is 24.3 Å². The van der Waals surface area contributed by atoms with Crippen molar-refractivity contribution in [3.8, 4) is 5.75 Å². The van der Waals surface area contributed by atoms with Crippen LogP contribution in [-0.2, 0) is 9.59 Å². The maximum absolute atomic E-state index is 11.9. The number of carboxylic acid groups (broad SMARTS) is 1. The highest BCUT2D eigenvalue weighted by Crippen LogP contribution is 2.25. The van der Waals surface area contributed by atoms with Crippen LogP contribution < -0.4 is 10.1 Å². The van der Waals surface area contributed by atoms with Crippen LogP contribution in [0.3, 0.4) is 0 Å². The van der Waals surface area contributed by atoms with E-state index in [0.29, 0.717) is 23.8 Å². The molecule has 1 aromatic rings. The molecular weight excluding hydrogens is 258 g/mol. The van der Waals surface area contributed by atoms with E-state index in [-0.39, 0.29) is 5.91 Å². The largest absolute Gasteiger partial charge is 0.480 e. The molecule has 2 rings (SSSR count). The van der Waals surface area contributed by atoms with E-state index >= 15 is 0 Å². The molecular formula is C15H17NO4. The van der Waals surface area contributed by atoms with E-state index in [4.69, 9.17) is 9.84 Å². The predicted octanol–water partition coefficient (Wildman–Crippen LogP) is 2.44. The van der Waals surface area contributed by atoms with Gasteiger partial charge < -0.3 is 15.2 Å². The third-order valence-corrected chi connectivity index (χ3v) is 3.07. The van der Waals surface area contributed by atoms with Crippen LogP contribution in [0.4, 0.5) is 5.69 Å². The second-order valence-corrected chi connectivity index (χ2v) is 4.70. The van der Waals surface area contributed by atoms with Crippen LogP contribution in [0.15, 0.2) is 36.4 Å². The van der Waals surface area contributed by atoms with Crippen LogP contribution in [-0.4, -0.2) is 23.6 Å². The first-order valence-electron chi connectivity index (χ1n) is 6.55. The number of benzene rings is 1. The SMILES string of the molecule is O=C(O)COc1ccccc1NC(=O)CC1C=CCC1. The molecule has 106 valence electrons. The number of nitrogens with one attached hydrogen (secondary N) is 1. The molecule has 1 atom stereocenters. The van der Waals surface area contributed by atoms with Crippen molar-refractivity contribution in [1.82, 2.24) is 0 Å². The number of hydrogen-bond acceptors (Lipinski definition) is 3. The molecule has 0 aromatic heterocycles. The summed E-state index contributed by atoms with van der Waals surface area (Å²) in [7, 11) is 0. The lowest BCUT2D eigenvalue weighted by Crippen LogP contribution is -2.16. The van der Waals surface area contributed by atoms with Gasteiger partial charge in [-0.2, -0.15) is 0 Å². The Morgan fingerprint density at radius 2 is 2.15 bits per heavy atom. The Kier molecular flexibility index (Phi) is 4.76. The van der Waals surface area contributed by atoms with Crippen molar-refractivity contribution in [3.63, 3.8) is 0 Å². The minimum atomic E-state index is -1.05. The summed E-state index contributed by atoms with van der Waals surface area (Å²) in [6, 6.07) is 6.82. The van der Waals surface area contributed by atoms with Gasteiger partial charge in [0.15, 0.2) is 6.61 Å². The zero-order chi connectivity index (χ0) is 14.4. The number of carbonyl (C=O) groups is 2. The molecule has 0 radical (unpaired) electrons. The molecule has 5 heteroatoms. The Morgan fingerprint density at radius 3 is 2.85 bits per heavy atom. The number of rotatable bonds is 6. The summed E-state index contributed by atoms with van der Waals surface area (Å²) < 4.78 is 5.14. The second kappa shape index (κ2) is 6.75. The molecule has 20 heavy (non-hydrogen) atoms. The summed E-state index contributed by atoms with van der Waals surface area (Å²) in [6.07, 6.45) is 6.61. The van der Waals surface area contributed by atoms with E-state index in [1.165, 1.54) is 0 Å². The number of hydrogen-bond donors (Lipinski definition) is 2. The fourth-order valence-corrected chi connectivity index (χ4v) is 2.14. The van der Waals surface area contributed by atoms with Crippen LogP contribution in [0.25, 0.3) is 0 Å². The lowest BCUT2D eigenvalue weighted by molar-refractivity contribution is -0.139. The molecule has 0 aliphatic heterocycles. The summed E-state index contributed by atoms with van der Waals surface area (Å²) in [5.74, 6) is -0.484. The zero-order valence-electron chi connectivity index (χ0n) is 11.0. The summed E-state index contributed by atoms with van der Waals surface area (Å²) in [4.78, 5) is 22.5. The highest BCUT2D eigenvalue weighted by molar-refractivity contribution is 5.92. The van der Waals surface area contributed by atoms with Crippen LogP contribution in [0.5, 0.6) is 5.75 Å². The summed E-state index contributed by atoms with van der Waals surface area (Å²) in [5.41, 5.74) is 0.501. The first kappa shape index (κ1) is 14.1. The van der Waals surface area contributed by atoms with Crippen molar-refractivity contribution in [2.75, 3.05) is 11.9 Å². The number of ether oxygens (including phenoxy) is 1. The minimum Gasteiger partial charge on any atom is -0.480 e. The molecule has 1 amide bonds. The van der Waals surface area contributed by atoms with Crippen molar-refractivity contribution in [3.05, 3.63) is 36.4 Å². The number of anilines is 1. The van der Waals surface area contributed by atoms with Gasteiger partial charge in [-0.05, 0) is 30.9 Å². The molecule has 0 saturated heterocycles. The molecule has 1 aliphatic carbocycles. The van der Waals surface area contributed by atoms with Gasteiger partial charge >= 0.3 is 5.97 Å². The average molecular weight is 275 g/mol. The van der Waals surface area contributed by atoms with Gasteiger partial charge in [0.1, 0.15) is 5.75 Å². The lowest BCUT2D eigenvalue weighted by atomic mass is 10.1. The standard InChI is InChI=1S/C15H17NO4/c17-14(9-11-5-1-2-6-11)16-12-7-3-4-8-13(12)20-10-15(18)19/h1,3-5,7-8,11H,2,6,9-10H2,(H,16,17)(H,18,19). The molecule has 1 aromatic carbocycles. The van der Waals surface area contributed by atoms with Gasteiger partial charge in [0.25, 0.3) is 0 Å². The zero-order valence-corrected chi connectivity index (χ0v) is 11.0. The number of carbonyl (C=O) groups excluding carboxylic acids is 1. The highest BCUT2D eigenvalue weighted by Gasteiger charge is 2.15. The van der Waals surface area contributed by atoms with E-state index < -0.39 is 12.6 Å². The van der Waals surface area contributed by atoms with Gasteiger partial charge in [-0.3, -0.25) is 4.79 Å². The number of para-hydroxylation sites is 2. The molecule has 1 aliphatic rings. The smallest absolute Gasteiger partial charge is 0.341 e. The van der Waals surface area contributed by atoms with Crippen LogP contribution in [0.2, 0.25) is 0 Å². The van der Waals surface area contributed by atoms with Gasteiger partial charge in [-0.1, -0.05) is 24.3 Å². The minimum absolute atomic E-state index is 0.0899. The van der Waals surface area contributed by atoms with Crippen LogP contribution >= 0.6 is 0 Å². The van der Waals surface area contributed by atoms with Crippen LogP contribution in [0, 0.1) is 5.92 Å². The molecule has 5 nitrogen and oxygen atoms in total.